The molecule has 0 saturated heterocycles. The summed E-state index contributed by atoms with van der Waals surface area (Å²) >= 11 is 9.57. The second-order valence-corrected chi connectivity index (χ2v) is 5.66. The molecule has 4 heteroatoms. The van der Waals surface area contributed by atoms with Crippen LogP contribution < -0.4 is 5.32 Å². The van der Waals surface area contributed by atoms with E-state index in [1.54, 1.807) is 6.07 Å². The third-order valence-corrected chi connectivity index (χ3v) is 4.19. The molecule has 0 aromatic heterocycles. The molecule has 0 heterocycles. The van der Waals surface area contributed by atoms with Gasteiger partial charge in [-0.05, 0) is 48.9 Å². The molecule has 100 valence electrons. The largest absolute Gasteiger partial charge is 0.309 e. The van der Waals surface area contributed by atoms with Gasteiger partial charge in [0.25, 0.3) is 0 Å². The van der Waals surface area contributed by atoms with Crippen LogP contribution in [0.5, 0.6) is 0 Å². The first-order chi connectivity index (χ1) is 9.02. The van der Waals surface area contributed by atoms with Gasteiger partial charge in [-0.1, -0.05) is 45.7 Å². The molecule has 1 unspecified atom stereocenters. The van der Waals surface area contributed by atoms with Crippen LogP contribution in [0.3, 0.4) is 0 Å². The van der Waals surface area contributed by atoms with Crippen molar-refractivity contribution in [3.63, 3.8) is 0 Å². The maximum Gasteiger partial charge on any atom is 0.124 e. The van der Waals surface area contributed by atoms with Crippen molar-refractivity contribution in [2.45, 2.75) is 13.0 Å². The lowest BCUT2D eigenvalue weighted by atomic mass is 9.98. The molecule has 1 N–H and O–H groups in total. The lowest BCUT2D eigenvalue weighted by molar-refractivity contribution is 0.621. The lowest BCUT2D eigenvalue weighted by Gasteiger charge is -2.19. The summed E-state index contributed by atoms with van der Waals surface area (Å²) in [5.74, 6) is -0.257. The van der Waals surface area contributed by atoms with Gasteiger partial charge in [0, 0.05) is 9.50 Å². The van der Waals surface area contributed by atoms with E-state index < -0.39 is 0 Å². The van der Waals surface area contributed by atoms with Gasteiger partial charge in [0.15, 0.2) is 0 Å². The molecule has 0 amide bonds. The summed E-state index contributed by atoms with van der Waals surface area (Å²) in [4.78, 5) is 0. The van der Waals surface area contributed by atoms with Crippen LogP contribution in [0.4, 0.5) is 4.39 Å². The van der Waals surface area contributed by atoms with Gasteiger partial charge in [0.1, 0.15) is 5.82 Å². The molecule has 2 aromatic carbocycles. The van der Waals surface area contributed by atoms with Gasteiger partial charge in [-0.25, -0.2) is 4.39 Å². The molecule has 0 aliphatic heterocycles. The minimum absolute atomic E-state index is 0.0342. The van der Waals surface area contributed by atoms with Crippen LogP contribution in [0, 0.1) is 12.7 Å². The Morgan fingerprint density at radius 1 is 1.21 bits per heavy atom. The number of hydrogen-bond acceptors (Lipinski definition) is 1. The van der Waals surface area contributed by atoms with Gasteiger partial charge in [0.2, 0.25) is 0 Å². The van der Waals surface area contributed by atoms with Crippen molar-refractivity contribution in [1.82, 2.24) is 5.32 Å². The summed E-state index contributed by atoms with van der Waals surface area (Å²) in [6, 6.07) is 10.6. The molecule has 0 fully saturated rings. The van der Waals surface area contributed by atoms with E-state index >= 15 is 0 Å². The van der Waals surface area contributed by atoms with Crippen molar-refractivity contribution in [2.24, 2.45) is 0 Å². The van der Waals surface area contributed by atoms with Crippen LogP contribution in [0.2, 0.25) is 5.02 Å². The van der Waals surface area contributed by atoms with Crippen LogP contribution >= 0.6 is 27.5 Å². The number of aryl methyl sites for hydroxylation is 1. The summed E-state index contributed by atoms with van der Waals surface area (Å²) in [5.41, 5.74) is 3.06. The summed E-state index contributed by atoms with van der Waals surface area (Å²) < 4.78 is 13.9. The smallest absolute Gasteiger partial charge is 0.124 e. The maximum absolute atomic E-state index is 13.2. The van der Waals surface area contributed by atoms with E-state index in [-0.39, 0.29) is 11.9 Å². The fraction of sp³-hybridized carbons (Fsp3) is 0.200. The van der Waals surface area contributed by atoms with Crippen molar-refractivity contribution in [3.05, 3.63) is 68.4 Å². The minimum Gasteiger partial charge on any atom is -0.309 e. The van der Waals surface area contributed by atoms with E-state index in [4.69, 9.17) is 11.6 Å². The average molecular weight is 343 g/mol. The second-order valence-electron chi connectivity index (χ2n) is 4.40. The molecule has 0 radical (unpaired) electrons. The van der Waals surface area contributed by atoms with Crippen molar-refractivity contribution in [2.75, 3.05) is 7.05 Å². The van der Waals surface area contributed by atoms with Gasteiger partial charge in [0.05, 0.1) is 6.04 Å². The van der Waals surface area contributed by atoms with E-state index in [2.05, 4.69) is 21.2 Å². The molecule has 0 bridgehead atoms. The normalized spacial score (nSPS) is 12.5. The zero-order valence-corrected chi connectivity index (χ0v) is 13.0. The van der Waals surface area contributed by atoms with Gasteiger partial charge >= 0.3 is 0 Å². The summed E-state index contributed by atoms with van der Waals surface area (Å²) in [6.07, 6.45) is 0. The van der Waals surface area contributed by atoms with Gasteiger partial charge in [-0.2, -0.15) is 0 Å². The van der Waals surface area contributed by atoms with E-state index in [1.807, 2.05) is 32.2 Å². The number of rotatable bonds is 3. The molecular weight excluding hydrogens is 329 g/mol. The number of halogens is 3. The monoisotopic (exact) mass is 341 g/mol. The Hall–Kier alpha value is -0.900. The predicted octanol–water partition coefficient (Wildman–Crippen LogP) is 4.86. The highest BCUT2D eigenvalue weighted by atomic mass is 79.9. The number of hydrogen-bond donors (Lipinski definition) is 1. The zero-order valence-electron chi connectivity index (χ0n) is 10.7. The number of benzene rings is 2. The summed E-state index contributed by atoms with van der Waals surface area (Å²) in [7, 11) is 1.87. The fourth-order valence-electron chi connectivity index (χ4n) is 2.03. The molecule has 1 atom stereocenters. The molecule has 0 spiro atoms. The van der Waals surface area contributed by atoms with Crippen molar-refractivity contribution in [1.29, 1.82) is 0 Å². The molecule has 19 heavy (non-hydrogen) atoms. The second kappa shape index (κ2) is 6.04. The van der Waals surface area contributed by atoms with Crippen molar-refractivity contribution < 1.29 is 4.39 Å². The molecular formula is C15H14BrClFN. The topological polar surface area (TPSA) is 12.0 Å². The number of nitrogens with one attached hydrogen (secondary N) is 1. The Morgan fingerprint density at radius 2 is 1.95 bits per heavy atom. The lowest BCUT2D eigenvalue weighted by Crippen LogP contribution is -2.18. The van der Waals surface area contributed by atoms with Crippen LogP contribution in [-0.2, 0) is 0 Å². The first kappa shape index (κ1) is 14.5. The molecule has 2 rings (SSSR count). The third kappa shape index (κ3) is 3.16. The van der Waals surface area contributed by atoms with E-state index in [9.17, 15) is 4.39 Å². The summed E-state index contributed by atoms with van der Waals surface area (Å²) in [5, 5.41) is 3.96. The van der Waals surface area contributed by atoms with Crippen molar-refractivity contribution >= 4 is 27.5 Å². The van der Waals surface area contributed by atoms with Crippen LogP contribution in [0.25, 0.3) is 0 Å². The first-order valence-corrected chi connectivity index (χ1v) is 7.08. The Kier molecular flexibility index (Phi) is 4.61. The zero-order chi connectivity index (χ0) is 14.0. The molecule has 2 aromatic rings. The molecule has 0 aliphatic carbocycles. The Labute approximate surface area is 125 Å². The van der Waals surface area contributed by atoms with Gasteiger partial charge in [-0.3, -0.25) is 0 Å². The third-order valence-electron chi connectivity index (χ3n) is 3.09. The minimum atomic E-state index is -0.257. The van der Waals surface area contributed by atoms with Gasteiger partial charge < -0.3 is 5.32 Å². The standard InChI is InChI=1S/C15H14BrClFN/c1-9-3-4-10(7-14(9)17)15(19-2)12-6-5-11(18)8-13(12)16/h3-8,15,19H,1-2H3. The summed E-state index contributed by atoms with van der Waals surface area (Å²) in [6.45, 7) is 1.97. The van der Waals surface area contributed by atoms with Crippen LogP contribution in [0.15, 0.2) is 40.9 Å². The highest BCUT2D eigenvalue weighted by molar-refractivity contribution is 9.10. The maximum atomic E-state index is 13.2. The molecule has 0 saturated carbocycles. The highest BCUT2D eigenvalue weighted by Gasteiger charge is 2.16. The SMILES string of the molecule is CNC(c1ccc(C)c(Cl)c1)c1ccc(F)cc1Br. The Bertz CT molecular complexity index is 601. The molecule has 0 aliphatic rings. The quantitative estimate of drug-likeness (QED) is 0.840. The first-order valence-electron chi connectivity index (χ1n) is 5.91. The fourth-order valence-corrected chi connectivity index (χ4v) is 2.79. The van der Waals surface area contributed by atoms with Crippen LogP contribution in [0.1, 0.15) is 22.7 Å². The van der Waals surface area contributed by atoms with Crippen LogP contribution in [-0.4, -0.2) is 7.05 Å². The Balaban J connectivity index is 2.46. The van der Waals surface area contributed by atoms with E-state index in [1.165, 1.54) is 12.1 Å². The van der Waals surface area contributed by atoms with Gasteiger partial charge in [-0.15, -0.1) is 0 Å². The molecule has 1 nitrogen and oxygen atoms in total. The Morgan fingerprint density at radius 3 is 2.53 bits per heavy atom. The van der Waals surface area contributed by atoms with Crippen molar-refractivity contribution in [3.8, 4) is 0 Å². The van der Waals surface area contributed by atoms with E-state index in [0.29, 0.717) is 0 Å². The van der Waals surface area contributed by atoms with E-state index in [0.717, 1.165) is 26.2 Å². The average Bonchev–Trinajstić information content (AvgIpc) is 2.37. The predicted molar refractivity (Wildman–Crippen MR) is 81.2 cm³/mol. The highest BCUT2D eigenvalue weighted by Crippen LogP contribution is 2.31.